The van der Waals surface area contributed by atoms with Gasteiger partial charge in [0, 0.05) is 11.7 Å². The summed E-state index contributed by atoms with van der Waals surface area (Å²) in [6.07, 6.45) is -3.64. The normalized spacial score (nSPS) is 12.7. The Kier molecular flexibility index (Phi) is 5.49. The number of nitrogens with one attached hydrogen (secondary N) is 1. The summed E-state index contributed by atoms with van der Waals surface area (Å²) in [7, 11) is 0. The standard InChI is InChI=1S/C18H19F3N2O/c1-12(10-13-2-6-15(7-3-13)18(19,20)21)23-17(24)11-14-4-8-16(22)9-5-14/h2-9,12H,10-11,22H2,1H3,(H,23,24). The van der Waals surface area contributed by atoms with E-state index in [1.165, 1.54) is 12.1 Å². The zero-order valence-corrected chi connectivity index (χ0v) is 13.2. The summed E-state index contributed by atoms with van der Waals surface area (Å²) in [6.45, 7) is 1.82. The number of nitrogen functional groups attached to an aromatic ring is 1. The van der Waals surface area contributed by atoms with Crippen LogP contribution in [-0.4, -0.2) is 11.9 Å². The number of hydrogen-bond acceptors (Lipinski definition) is 2. The van der Waals surface area contributed by atoms with E-state index in [9.17, 15) is 18.0 Å². The Morgan fingerprint density at radius 2 is 1.58 bits per heavy atom. The van der Waals surface area contributed by atoms with Crippen LogP contribution in [0.25, 0.3) is 0 Å². The summed E-state index contributed by atoms with van der Waals surface area (Å²) in [5, 5.41) is 2.84. The molecule has 0 saturated carbocycles. The number of anilines is 1. The molecular formula is C18H19F3N2O. The molecule has 0 aliphatic carbocycles. The lowest BCUT2D eigenvalue weighted by Gasteiger charge is -2.15. The van der Waals surface area contributed by atoms with E-state index in [0.29, 0.717) is 12.1 Å². The van der Waals surface area contributed by atoms with E-state index in [-0.39, 0.29) is 18.4 Å². The van der Waals surface area contributed by atoms with Crippen molar-refractivity contribution in [2.75, 3.05) is 5.73 Å². The van der Waals surface area contributed by atoms with Gasteiger partial charge in [0.15, 0.2) is 0 Å². The number of amides is 1. The van der Waals surface area contributed by atoms with Crippen molar-refractivity contribution in [3.63, 3.8) is 0 Å². The minimum Gasteiger partial charge on any atom is -0.399 e. The Labute approximate surface area is 138 Å². The lowest BCUT2D eigenvalue weighted by molar-refractivity contribution is -0.137. The van der Waals surface area contributed by atoms with Crippen molar-refractivity contribution >= 4 is 11.6 Å². The van der Waals surface area contributed by atoms with Crippen LogP contribution in [0.1, 0.15) is 23.6 Å². The molecule has 3 N–H and O–H groups in total. The van der Waals surface area contributed by atoms with Gasteiger partial charge in [-0.25, -0.2) is 0 Å². The van der Waals surface area contributed by atoms with Gasteiger partial charge in [0.05, 0.1) is 12.0 Å². The predicted molar refractivity (Wildman–Crippen MR) is 87.3 cm³/mol. The molecule has 0 aliphatic rings. The Hall–Kier alpha value is -2.50. The molecule has 0 spiro atoms. The summed E-state index contributed by atoms with van der Waals surface area (Å²) in [5.41, 5.74) is 7.14. The number of benzene rings is 2. The predicted octanol–water partition coefficient (Wildman–Crippen LogP) is 3.58. The minimum absolute atomic E-state index is 0.140. The van der Waals surface area contributed by atoms with Gasteiger partial charge in [0.1, 0.15) is 0 Å². The molecule has 0 aromatic heterocycles. The van der Waals surface area contributed by atoms with E-state index >= 15 is 0 Å². The van der Waals surface area contributed by atoms with Crippen LogP contribution >= 0.6 is 0 Å². The number of halogens is 3. The van der Waals surface area contributed by atoms with Gasteiger partial charge >= 0.3 is 6.18 Å². The van der Waals surface area contributed by atoms with Crippen molar-refractivity contribution in [3.05, 3.63) is 65.2 Å². The third-order valence-corrected chi connectivity index (χ3v) is 3.57. The molecule has 0 heterocycles. The number of carbonyl (C=O) groups is 1. The molecule has 128 valence electrons. The van der Waals surface area contributed by atoms with Gasteiger partial charge in [0.2, 0.25) is 5.91 Å². The van der Waals surface area contributed by atoms with Gasteiger partial charge in [-0.2, -0.15) is 13.2 Å². The average molecular weight is 336 g/mol. The second-order valence-corrected chi connectivity index (χ2v) is 5.79. The zero-order valence-electron chi connectivity index (χ0n) is 13.2. The highest BCUT2D eigenvalue weighted by Crippen LogP contribution is 2.29. The van der Waals surface area contributed by atoms with E-state index in [4.69, 9.17) is 5.73 Å². The van der Waals surface area contributed by atoms with Crippen molar-refractivity contribution in [1.82, 2.24) is 5.32 Å². The SMILES string of the molecule is CC(Cc1ccc(C(F)(F)F)cc1)NC(=O)Cc1ccc(N)cc1. The van der Waals surface area contributed by atoms with E-state index in [1.54, 1.807) is 24.3 Å². The highest BCUT2D eigenvalue weighted by Gasteiger charge is 2.29. The molecule has 0 fully saturated rings. The minimum atomic E-state index is -4.34. The number of alkyl halides is 3. The molecule has 2 rings (SSSR count). The van der Waals surface area contributed by atoms with Crippen LogP contribution in [0.15, 0.2) is 48.5 Å². The molecule has 6 heteroatoms. The number of carbonyl (C=O) groups excluding carboxylic acids is 1. The van der Waals surface area contributed by atoms with Crippen LogP contribution in [0.5, 0.6) is 0 Å². The summed E-state index contributed by atoms with van der Waals surface area (Å²) in [5.74, 6) is -0.140. The molecule has 0 aliphatic heterocycles. The fourth-order valence-corrected chi connectivity index (χ4v) is 2.38. The third-order valence-electron chi connectivity index (χ3n) is 3.57. The van der Waals surface area contributed by atoms with Crippen molar-refractivity contribution < 1.29 is 18.0 Å². The molecule has 0 bridgehead atoms. The Balaban J connectivity index is 1.87. The van der Waals surface area contributed by atoms with Gasteiger partial charge < -0.3 is 11.1 Å². The molecule has 2 aromatic carbocycles. The van der Waals surface area contributed by atoms with Crippen LogP contribution in [0.2, 0.25) is 0 Å². The summed E-state index contributed by atoms with van der Waals surface area (Å²) >= 11 is 0. The first-order valence-corrected chi connectivity index (χ1v) is 7.54. The molecular weight excluding hydrogens is 317 g/mol. The fraction of sp³-hybridized carbons (Fsp3) is 0.278. The van der Waals surface area contributed by atoms with Crippen LogP contribution in [0, 0.1) is 0 Å². The van der Waals surface area contributed by atoms with E-state index in [0.717, 1.165) is 23.3 Å². The van der Waals surface area contributed by atoms with Gasteiger partial charge in [0.25, 0.3) is 0 Å². The van der Waals surface area contributed by atoms with Crippen molar-refractivity contribution in [2.45, 2.75) is 32.0 Å². The smallest absolute Gasteiger partial charge is 0.399 e. The number of hydrogen-bond donors (Lipinski definition) is 2. The van der Waals surface area contributed by atoms with Gasteiger partial charge in [-0.05, 0) is 48.7 Å². The molecule has 3 nitrogen and oxygen atoms in total. The lowest BCUT2D eigenvalue weighted by Crippen LogP contribution is -2.35. The highest BCUT2D eigenvalue weighted by atomic mass is 19.4. The van der Waals surface area contributed by atoms with Crippen molar-refractivity contribution in [3.8, 4) is 0 Å². The topological polar surface area (TPSA) is 55.1 Å². The van der Waals surface area contributed by atoms with Crippen LogP contribution in [0.3, 0.4) is 0 Å². The van der Waals surface area contributed by atoms with E-state index in [2.05, 4.69) is 5.32 Å². The first kappa shape index (κ1) is 17.8. The van der Waals surface area contributed by atoms with E-state index in [1.807, 2.05) is 6.92 Å². The van der Waals surface area contributed by atoms with E-state index < -0.39 is 11.7 Å². The Morgan fingerprint density at radius 3 is 2.12 bits per heavy atom. The molecule has 24 heavy (non-hydrogen) atoms. The maximum Gasteiger partial charge on any atom is 0.416 e. The Bertz CT molecular complexity index is 679. The highest BCUT2D eigenvalue weighted by molar-refractivity contribution is 5.79. The van der Waals surface area contributed by atoms with Crippen molar-refractivity contribution in [1.29, 1.82) is 0 Å². The van der Waals surface area contributed by atoms with Crippen LogP contribution in [0.4, 0.5) is 18.9 Å². The van der Waals surface area contributed by atoms with Crippen LogP contribution < -0.4 is 11.1 Å². The maximum atomic E-state index is 12.5. The third kappa shape index (κ3) is 5.30. The van der Waals surface area contributed by atoms with Crippen LogP contribution in [-0.2, 0) is 23.8 Å². The monoisotopic (exact) mass is 336 g/mol. The van der Waals surface area contributed by atoms with Gasteiger partial charge in [-0.15, -0.1) is 0 Å². The summed E-state index contributed by atoms with van der Waals surface area (Å²) in [6, 6.07) is 11.8. The molecule has 0 radical (unpaired) electrons. The molecule has 1 amide bonds. The lowest BCUT2D eigenvalue weighted by atomic mass is 10.0. The Morgan fingerprint density at radius 1 is 1.04 bits per heavy atom. The first-order valence-electron chi connectivity index (χ1n) is 7.54. The molecule has 1 atom stereocenters. The van der Waals surface area contributed by atoms with Gasteiger partial charge in [-0.1, -0.05) is 24.3 Å². The number of nitrogens with two attached hydrogens (primary N) is 1. The molecule has 1 unspecified atom stereocenters. The molecule has 2 aromatic rings. The number of rotatable bonds is 5. The first-order chi connectivity index (χ1) is 11.2. The zero-order chi connectivity index (χ0) is 17.7. The maximum absolute atomic E-state index is 12.5. The molecule has 0 saturated heterocycles. The second-order valence-electron chi connectivity index (χ2n) is 5.79. The summed E-state index contributed by atoms with van der Waals surface area (Å²) < 4.78 is 37.6. The quantitative estimate of drug-likeness (QED) is 0.820. The largest absolute Gasteiger partial charge is 0.416 e. The fourth-order valence-electron chi connectivity index (χ4n) is 2.38. The summed E-state index contributed by atoms with van der Waals surface area (Å²) in [4.78, 5) is 12.0. The second kappa shape index (κ2) is 7.38. The average Bonchev–Trinajstić information content (AvgIpc) is 2.49. The van der Waals surface area contributed by atoms with Gasteiger partial charge in [-0.3, -0.25) is 4.79 Å². The van der Waals surface area contributed by atoms with Crippen molar-refractivity contribution in [2.24, 2.45) is 0 Å².